The minimum Gasteiger partial charge on any atom is -0.371 e. The Labute approximate surface area is 122 Å². The normalized spacial score (nSPS) is 13.4. The van der Waals surface area contributed by atoms with Crippen LogP contribution in [0.5, 0.6) is 0 Å². The van der Waals surface area contributed by atoms with Gasteiger partial charge >= 0.3 is 6.18 Å². The van der Waals surface area contributed by atoms with E-state index in [1.165, 1.54) is 0 Å². The number of hydrogen-bond acceptors (Lipinski definition) is 2. The molecular weight excluding hydrogens is 291 g/mol. The van der Waals surface area contributed by atoms with Gasteiger partial charge < -0.3 is 10.1 Å². The SMILES string of the molecule is CCCNCC(COCC(F)(F)F)c1cccc(Cl)c1. The van der Waals surface area contributed by atoms with E-state index >= 15 is 0 Å². The van der Waals surface area contributed by atoms with Crippen LogP contribution in [0, 0.1) is 0 Å². The van der Waals surface area contributed by atoms with E-state index in [1.807, 2.05) is 13.0 Å². The van der Waals surface area contributed by atoms with Gasteiger partial charge in [0.1, 0.15) is 6.61 Å². The van der Waals surface area contributed by atoms with Crippen LogP contribution in [0.4, 0.5) is 13.2 Å². The summed E-state index contributed by atoms with van der Waals surface area (Å²) in [5.41, 5.74) is 0.878. The van der Waals surface area contributed by atoms with Crippen LogP contribution in [0.15, 0.2) is 24.3 Å². The maximum atomic E-state index is 12.1. The van der Waals surface area contributed by atoms with Crippen LogP contribution in [0.2, 0.25) is 5.02 Å². The zero-order valence-electron chi connectivity index (χ0n) is 11.3. The van der Waals surface area contributed by atoms with Crippen LogP contribution in [0.3, 0.4) is 0 Å². The average Bonchev–Trinajstić information content (AvgIpc) is 2.36. The second-order valence-electron chi connectivity index (χ2n) is 4.59. The number of halogens is 4. The highest BCUT2D eigenvalue weighted by atomic mass is 35.5. The van der Waals surface area contributed by atoms with Crippen LogP contribution in [0.25, 0.3) is 0 Å². The summed E-state index contributed by atoms with van der Waals surface area (Å²) < 4.78 is 41.1. The van der Waals surface area contributed by atoms with Crippen LogP contribution in [-0.2, 0) is 4.74 Å². The molecule has 0 saturated carbocycles. The molecule has 0 aromatic heterocycles. The van der Waals surface area contributed by atoms with E-state index in [4.69, 9.17) is 16.3 Å². The number of rotatable bonds is 8. The molecule has 114 valence electrons. The van der Waals surface area contributed by atoms with E-state index in [-0.39, 0.29) is 12.5 Å². The van der Waals surface area contributed by atoms with Crippen molar-refractivity contribution in [3.05, 3.63) is 34.9 Å². The molecule has 0 spiro atoms. The van der Waals surface area contributed by atoms with Gasteiger partial charge in [-0.25, -0.2) is 0 Å². The van der Waals surface area contributed by atoms with Crippen molar-refractivity contribution in [1.82, 2.24) is 5.32 Å². The molecule has 0 amide bonds. The molecule has 1 aromatic rings. The lowest BCUT2D eigenvalue weighted by Crippen LogP contribution is -2.27. The third-order valence-electron chi connectivity index (χ3n) is 2.72. The number of alkyl halides is 3. The molecule has 1 aromatic carbocycles. The van der Waals surface area contributed by atoms with E-state index in [0.717, 1.165) is 18.5 Å². The first-order valence-electron chi connectivity index (χ1n) is 6.53. The summed E-state index contributed by atoms with van der Waals surface area (Å²) in [6, 6.07) is 7.13. The molecule has 0 saturated heterocycles. The second-order valence-corrected chi connectivity index (χ2v) is 5.02. The Morgan fingerprint density at radius 3 is 2.70 bits per heavy atom. The minimum atomic E-state index is -4.30. The molecule has 20 heavy (non-hydrogen) atoms. The summed E-state index contributed by atoms with van der Waals surface area (Å²) in [6.07, 6.45) is -3.33. The summed E-state index contributed by atoms with van der Waals surface area (Å²) in [5, 5.41) is 3.76. The van der Waals surface area contributed by atoms with Crippen molar-refractivity contribution < 1.29 is 17.9 Å². The molecule has 0 aliphatic heterocycles. The zero-order valence-corrected chi connectivity index (χ0v) is 12.1. The summed E-state index contributed by atoms with van der Waals surface area (Å²) >= 11 is 5.92. The highest BCUT2D eigenvalue weighted by Crippen LogP contribution is 2.21. The lowest BCUT2D eigenvalue weighted by Gasteiger charge is -2.19. The minimum absolute atomic E-state index is 0.0105. The number of nitrogens with one attached hydrogen (secondary N) is 1. The smallest absolute Gasteiger partial charge is 0.371 e. The molecule has 1 N–H and O–H groups in total. The molecule has 1 unspecified atom stereocenters. The molecule has 2 nitrogen and oxygen atoms in total. The Morgan fingerprint density at radius 1 is 1.35 bits per heavy atom. The molecule has 1 rings (SSSR count). The number of hydrogen-bond donors (Lipinski definition) is 1. The van der Waals surface area contributed by atoms with E-state index in [0.29, 0.717) is 11.6 Å². The van der Waals surface area contributed by atoms with E-state index in [9.17, 15) is 13.2 Å². The first-order valence-corrected chi connectivity index (χ1v) is 6.91. The Kier molecular flexibility index (Phi) is 7.34. The van der Waals surface area contributed by atoms with Gasteiger partial charge in [-0.05, 0) is 30.7 Å². The van der Waals surface area contributed by atoms with Gasteiger partial charge in [-0.15, -0.1) is 0 Å². The molecule has 6 heteroatoms. The number of benzene rings is 1. The van der Waals surface area contributed by atoms with E-state index < -0.39 is 12.8 Å². The predicted molar refractivity (Wildman–Crippen MR) is 74.2 cm³/mol. The Bertz CT molecular complexity index is 398. The Hall–Kier alpha value is -0.780. The molecule has 0 fully saturated rings. The molecule has 1 atom stereocenters. The first-order chi connectivity index (χ1) is 9.42. The zero-order chi connectivity index (χ0) is 15.0. The fraction of sp³-hybridized carbons (Fsp3) is 0.571. The van der Waals surface area contributed by atoms with E-state index in [2.05, 4.69) is 5.32 Å². The number of ether oxygens (including phenoxy) is 1. The standard InChI is InChI=1S/C14H19ClF3NO/c1-2-6-19-8-12(9-20-10-14(16,17)18)11-4-3-5-13(15)7-11/h3-5,7,12,19H,2,6,8-10H2,1H3. The molecular formula is C14H19ClF3NO. The van der Waals surface area contributed by atoms with Gasteiger partial charge in [0.15, 0.2) is 0 Å². The molecule has 0 heterocycles. The maximum Gasteiger partial charge on any atom is 0.411 e. The van der Waals surface area contributed by atoms with E-state index in [1.54, 1.807) is 18.2 Å². The lowest BCUT2D eigenvalue weighted by atomic mass is 10.00. The van der Waals surface area contributed by atoms with Gasteiger partial charge in [-0.3, -0.25) is 0 Å². The van der Waals surface area contributed by atoms with Gasteiger partial charge in [-0.2, -0.15) is 13.2 Å². The first kappa shape index (κ1) is 17.3. The molecule has 0 aliphatic carbocycles. The lowest BCUT2D eigenvalue weighted by molar-refractivity contribution is -0.174. The van der Waals surface area contributed by atoms with Crippen molar-refractivity contribution in [2.24, 2.45) is 0 Å². The van der Waals surface area contributed by atoms with Gasteiger partial charge in [-0.1, -0.05) is 30.7 Å². The van der Waals surface area contributed by atoms with Crippen molar-refractivity contribution in [2.45, 2.75) is 25.4 Å². The Morgan fingerprint density at radius 2 is 2.10 bits per heavy atom. The fourth-order valence-electron chi connectivity index (χ4n) is 1.80. The Balaban J connectivity index is 2.60. The van der Waals surface area contributed by atoms with Crippen molar-refractivity contribution in [3.8, 4) is 0 Å². The highest BCUT2D eigenvalue weighted by molar-refractivity contribution is 6.30. The topological polar surface area (TPSA) is 21.3 Å². The maximum absolute atomic E-state index is 12.1. The van der Waals surface area contributed by atoms with Crippen molar-refractivity contribution in [1.29, 1.82) is 0 Å². The highest BCUT2D eigenvalue weighted by Gasteiger charge is 2.28. The van der Waals surface area contributed by atoms with Crippen LogP contribution in [-0.4, -0.2) is 32.5 Å². The van der Waals surface area contributed by atoms with Crippen LogP contribution >= 0.6 is 11.6 Å². The van der Waals surface area contributed by atoms with Gasteiger partial charge in [0, 0.05) is 17.5 Å². The molecule has 0 radical (unpaired) electrons. The third kappa shape index (κ3) is 7.12. The summed E-state index contributed by atoms with van der Waals surface area (Å²) in [7, 11) is 0. The second kappa shape index (κ2) is 8.49. The summed E-state index contributed by atoms with van der Waals surface area (Å²) in [6.45, 7) is 2.19. The van der Waals surface area contributed by atoms with Crippen molar-refractivity contribution >= 4 is 11.6 Å². The van der Waals surface area contributed by atoms with Crippen molar-refractivity contribution in [3.63, 3.8) is 0 Å². The summed E-state index contributed by atoms with van der Waals surface area (Å²) in [5.74, 6) is -0.150. The predicted octanol–water partition coefficient (Wildman–Crippen LogP) is 4.00. The molecule has 0 bridgehead atoms. The largest absolute Gasteiger partial charge is 0.411 e. The van der Waals surface area contributed by atoms with Crippen LogP contribution in [0.1, 0.15) is 24.8 Å². The van der Waals surface area contributed by atoms with Gasteiger partial charge in [0.2, 0.25) is 0 Å². The van der Waals surface area contributed by atoms with Crippen LogP contribution < -0.4 is 5.32 Å². The summed E-state index contributed by atoms with van der Waals surface area (Å²) in [4.78, 5) is 0. The fourth-order valence-corrected chi connectivity index (χ4v) is 2.00. The quantitative estimate of drug-likeness (QED) is 0.733. The monoisotopic (exact) mass is 309 g/mol. The average molecular weight is 310 g/mol. The van der Waals surface area contributed by atoms with Gasteiger partial charge in [0.05, 0.1) is 6.61 Å². The molecule has 0 aliphatic rings. The van der Waals surface area contributed by atoms with Gasteiger partial charge in [0.25, 0.3) is 0 Å². The third-order valence-corrected chi connectivity index (χ3v) is 2.96. The van der Waals surface area contributed by atoms with Crippen molar-refractivity contribution in [2.75, 3.05) is 26.3 Å².